The third kappa shape index (κ3) is 2.51. The number of hydrogen-bond acceptors (Lipinski definition) is 2. The minimum absolute atomic E-state index is 0.0890. The topological polar surface area (TPSA) is 37.4 Å². The van der Waals surface area contributed by atoms with E-state index >= 15 is 0 Å². The van der Waals surface area contributed by atoms with E-state index in [-0.39, 0.29) is 12.0 Å². The Morgan fingerprint density at radius 1 is 1.32 bits per heavy atom. The Labute approximate surface area is 115 Å². The quantitative estimate of drug-likeness (QED) is 0.797. The van der Waals surface area contributed by atoms with Gasteiger partial charge in [0, 0.05) is 18.5 Å². The van der Waals surface area contributed by atoms with Crippen molar-refractivity contribution in [2.24, 2.45) is 5.92 Å². The summed E-state index contributed by atoms with van der Waals surface area (Å²) in [7, 11) is -3.40. The maximum atomic E-state index is 12.4. The number of sulfonamides is 1. The zero-order valence-electron chi connectivity index (χ0n) is 11.3. The van der Waals surface area contributed by atoms with Crippen molar-refractivity contribution in [1.82, 2.24) is 4.31 Å². The zero-order chi connectivity index (χ0) is 14.0. The van der Waals surface area contributed by atoms with Gasteiger partial charge in [0.1, 0.15) is 0 Å². The van der Waals surface area contributed by atoms with E-state index in [0.29, 0.717) is 11.4 Å². The Bertz CT molecular complexity index is 590. The molecular formula is C15H19NO2S. The molecule has 0 aliphatic carbocycles. The Morgan fingerprint density at radius 2 is 1.95 bits per heavy atom. The molecule has 4 heteroatoms. The van der Waals surface area contributed by atoms with E-state index in [0.717, 1.165) is 5.56 Å². The highest BCUT2D eigenvalue weighted by atomic mass is 32.2. The van der Waals surface area contributed by atoms with Gasteiger partial charge >= 0.3 is 0 Å². The van der Waals surface area contributed by atoms with E-state index in [4.69, 9.17) is 0 Å². The van der Waals surface area contributed by atoms with Crippen LogP contribution >= 0.6 is 0 Å². The van der Waals surface area contributed by atoms with Gasteiger partial charge in [0.05, 0.1) is 4.91 Å². The molecule has 0 unspecified atom stereocenters. The fraction of sp³-hybridized carbons (Fsp3) is 0.333. The van der Waals surface area contributed by atoms with Crippen molar-refractivity contribution in [2.75, 3.05) is 0 Å². The summed E-state index contributed by atoms with van der Waals surface area (Å²) in [6.45, 7) is 8.00. The summed E-state index contributed by atoms with van der Waals surface area (Å²) in [6, 6.07) is 9.55. The Kier molecular flexibility index (Phi) is 3.92. The van der Waals surface area contributed by atoms with Crippen molar-refractivity contribution in [3.05, 3.63) is 59.5 Å². The first kappa shape index (κ1) is 14.0. The lowest BCUT2D eigenvalue weighted by atomic mass is 10.0. The smallest absolute Gasteiger partial charge is 0.207 e. The number of hydrogen-bond donors (Lipinski definition) is 0. The van der Waals surface area contributed by atoms with Gasteiger partial charge in [-0.2, -0.15) is 4.31 Å². The molecule has 102 valence electrons. The highest BCUT2D eigenvalue weighted by Crippen LogP contribution is 2.37. The largest absolute Gasteiger partial charge is 0.239 e. The molecule has 2 rings (SSSR count). The molecule has 1 saturated heterocycles. The van der Waals surface area contributed by atoms with E-state index in [1.165, 1.54) is 4.31 Å². The van der Waals surface area contributed by atoms with Gasteiger partial charge in [-0.1, -0.05) is 49.1 Å². The Hall–Kier alpha value is -1.39. The number of allylic oxidation sites excluding steroid dienone is 1. The molecule has 1 aliphatic heterocycles. The first-order valence-electron chi connectivity index (χ1n) is 6.36. The molecular weight excluding hydrogens is 258 g/mol. The SMILES string of the molecule is C=C1[C@H](/C=C/C)[C@@H](C)N(Cc2ccccc2)S1(=O)=O. The molecule has 0 saturated carbocycles. The van der Waals surface area contributed by atoms with Crippen LogP contribution in [0.5, 0.6) is 0 Å². The summed E-state index contributed by atoms with van der Waals surface area (Å²) in [5.74, 6) is -0.126. The van der Waals surface area contributed by atoms with Crippen LogP contribution in [0, 0.1) is 5.92 Å². The van der Waals surface area contributed by atoms with Crippen LogP contribution in [0.15, 0.2) is 54.0 Å². The normalized spacial score (nSPS) is 27.2. The lowest BCUT2D eigenvalue weighted by Crippen LogP contribution is -2.32. The zero-order valence-corrected chi connectivity index (χ0v) is 12.1. The van der Waals surface area contributed by atoms with Crippen molar-refractivity contribution in [2.45, 2.75) is 26.4 Å². The van der Waals surface area contributed by atoms with Crippen LogP contribution in [-0.2, 0) is 16.6 Å². The van der Waals surface area contributed by atoms with Gasteiger partial charge < -0.3 is 0 Å². The van der Waals surface area contributed by atoms with Gasteiger partial charge in [-0.3, -0.25) is 0 Å². The summed E-state index contributed by atoms with van der Waals surface area (Å²) in [6.07, 6.45) is 3.80. The fourth-order valence-corrected chi connectivity index (χ4v) is 4.27. The van der Waals surface area contributed by atoms with Crippen molar-refractivity contribution in [1.29, 1.82) is 0 Å². The van der Waals surface area contributed by atoms with E-state index in [1.807, 2.05) is 56.3 Å². The van der Waals surface area contributed by atoms with Gasteiger partial charge in [0.2, 0.25) is 10.0 Å². The van der Waals surface area contributed by atoms with Gasteiger partial charge in [0.25, 0.3) is 0 Å². The fourth-order valence-electron chi connectivity index (χ4n) is 2.46. The van der Waals surface area contributed by atoms with E-state index in [1.54, 1.807) is 0 Å². The second-order valence-electron chi connectivity index (χ2n) is 4.79. The van der Waals surface area contributed by atoms with Crippen LogP contribution in [0.1, 0.15) is 19.4 Å². The minimum Gasteiger partial charge on any atom is -0.207 e. The lowest BCUT2D eigenvalue weighted by Gasteiger charge is -2.20. The molecule has 0 amide bonds. The van der Waals surface area contributed by atoms with Crippen molar-refractivity contribution in [3.63, 3.8) is 0 Å². The van der Waals surface area contributed by atoms with Gasteiger partial charge in [-0.15, -0.1) is 0 Å². The van der Waals surface area contributed by atoms with Crippen LogP contribution in [0.2, 0.25) is 0 Å². The molecule has 19 heavy (non-hydrogen) atoms. The maximum absolute atomic E-state index is 12.4. The molecule has 1 aromatic rings. The number of rotatable bonds is 3. The Balaban J connectivity index is 2.32. The number of nitrogens with zero attached hydrogens (tertiary/aromatic N) is 1. The van der Waals surface area contributed by atoms with Gasteiger partial charge in [-0.25, -0.2) is 8.42 Å². The van der Waals surface area contributed by atoms with Crippen LogP contribution in [0.3, 0.4) is 0 Å². The monoisotopic (exact) mass is 277 g/mol. The first-order chi connectivity index (χ1) is 8.98. The molecule has 2 atom stereocenters. The standard InChI is InChI=1S/C15H19NO2S/c1-4-8-15-12(2)16(19(17,18)13(15)3)11-14-9-6-5-7-10-14/h4-10,12,15H,3,11H2,1-2H3/b8-4+/t12-,15-/m1/s1. The van der Waals surface area contributed by atoms with E-state index in [9.17, 15) is 8.42 Å². The molecule has 0 N–H and O–H groups in total. The molecule has 3 nitrogen and oxygen atoms in total. The first-order valence-corrected chi connectivity index (χ1v) is 7.80. The van der Waals surface area contributed by atoms with Crippen molar-refractivity contribution < 1.29 is 8.42 Å². The highest BCUT2D eigenvalue weighted by molar-refractivity contribution is 7.93. The van der Waals surface area contributed by atoms with Gasteiger partial charge in [0.15, 0.2) is 0 Å². The molecule has 0 radical (unpaired) electrons. The summed E-state index contributed by atoms with van der Waals surface area (Å²) in [5, 5.41) is 0. The van der Waals surface area contributed by atoms with Crippen LogP contribution < -0.4 is 0 Å². The van der Waals surface area contributed by atoms with Crippen LogP contribution in [0.25, 0.3) is 0 Å². The van der Waals surface area contributed by atoms with Crippen molar-refractivity contribution in [3.8, 4) is 0 Å². The summed E-state index contributed by atoms with van der Waals surface area (Å²) < 4.78 is 26.3. The van der Waals surface area contributed by atoms with Crippen LogP contribution in [0.4, 0.5) is 0 Å². The minimum atomic E-state index is -3.40. The molecule has 0 aromatic heterocycles. The molecule has 1 heterocycles. The second-order valence-corrected chi connectivity index (χ2v) is 6.74. The molecule has 1 aliphatic rings. The lowest BCUT2D eigenvalue weighted by molar-refractivity contribution is 0.329. The van der Waals surface area contributed by atoms with Crippen molar-refractivity contribution >= 4 is 10.0 Å². The summed E-state index contributed by atoms with van der Waals surface area (Å²) in [5.41, 5.74) is 0.992. The molecule has 1 aromatic carbocycles. The summed E-state index contributed by atoms with van der Waals surface area (Å²) in [4.78, 5) is 0.300. The molecule has 0 spiro atoms. The predicted molar refractivity (Wildman–Crippen MR) is 77.8 cm³/mol. The van der Waals surface area contributed by atoms with Crippen LogP contribution in [-0.4, -0.2) is 18.8 Å². The predicted octanol–water partition coefficient (Wildman–Crippen LogP) is 2.93. The second kappa shape index (κ2) is 5.31. The molecule has 1 fully saturated rings. The van der Waals surface area contributed by atoms with E-state index in [2.05, 4.69) is 6.58 Å². The third-order valence-electron chi connectivity index (χ3n) is 3.57. The van der Waals surface area contributed by atoms with E-state index < -0.39 is 10.0 Å². The van der Waals surface area contributed by atoms with Gasteiger partial charge in [-0.05, 0) is 19.4 Å². The number of benzene rings is 1. The Morgan fingerprint density at radius 3 is 2.53 bits per heavy atom. The molecule has 0 bridgehead atoms. The average Bonchev–Trinajstić information content (AvgIpc) is 2.55. The third-order valence-corrected chi connectivity index (χ3v) is 5.58. The average molecular weight is 277 g/mol. The maximum Gasteiger partial charge on any atom is 0.239 e. The summed E-state index contributed by atoms with van der Waals surface area (Å²) >= 11 is 0. The highest BCUT2D eigenvalue weighted by Gasteiger charge is 2.44.